The fourth-order valence-corrected chi connectivity index (χ4v) is 3.74. The van der Waals surface area contributed by atoms with Crippen LogP contribution < -0.4 is 5.32 Å². The number of hydrogen-bond acceptors (Lipinski definition) is 7. The molecule has 1 fully saturated rings. The standard InChI is InChI=1S/C17H22ClN5O3S/c1-2-23-15(10-22-5-7-26-8-6-22)20-21-17(23)27-11-16(25)19-13-9-12(18)3-4-14(13)24/h3-4,9,24H,2,5-8,10-11H2,1H3,(H,19,25). The Hall–Kier alpha value is -1.81. The molecule has 2 heterocycles. The van der Waals surface area contributed by atoms with E-state index in [0.717, 1.165) is 38.7 Å². The third kappa shape index (κ3) is 5.35. The zero-order chi connectivity index (χ0) is 19.2. The average Bonchev–Trinajstić information content (AvgIpc) is 3.05. The highest BCUT2D eigenvalue weighted by atomic mass is 35.5. The van der Waals surface area contributed by atoms with Crippen LogP contribution in [-0.4, -0.2) is 62.7 Å². The van der Waals surface area contributed by atoms with Gasteiger partial charge in [0.05, 0.1) is 31.2 Å². The van der Waals surface area contributed by atoms with E-state index in [-0.39, 0.29) is 23.1 Å². The third-order valence-electron chi connectivity index (χ3n) is 4.14. The summed E-state index contributed by atoms with van der Waals surface area (Å²) in [5.74, 6) is 0.761. The van der Waals surface area contributed by atoms with Gasteiger partial charge in [-0.15, -0.1) is 10.2 Å². The van der Waals surface area contributed by atoms with Crippen LogP contribution in [0.15, 0.2) is 23.4 Å². The summed E-state index contributed by atoms with van der Waals surface area (Å²) in [6, 6.07) is 4.51. The maximum absolute atomic E-state index is 12.2. The largest absolute Gasteiger partial charge is 0.506 e. The Labute approximate surface area is 166 Å². The number of thioether (sulfide) groups is 1. The fourth-order valence-electron chi connectivity index (χ4n) is 2.74. The second-order valence-corrected chi connectivity index (χ2v) is 7.41. The molecule has 1 amide bonds. The van der Waals surface area contributed by atoms with Gasteiger partial charge in [0.1, 0.15) is 11.6 Å². The fraction of sp³-hybridized carbons (Fsp3) is 0.471. The van der Waals surface area contributed by atoms with Gasteiger partial charge < -0.3 is 19.7 Å². The van der Waals surface area contributed by atoms with Gasteiger partial charge in [-0.3, -0.25) is 9.69 Å². The van der Waals surface area contributed by atoms with E-state index in [4.69, 9.17) is 16.3 Å². The number of anilines is 1. The van der Waals surface area contributed by atoms with Crippen molar-refractivity contribution in [3.05, 3.63) is 29.0 Å². The number of aromatic nitrogens is 3. The van der Waals surface area contributed by atoms with Crippen LogP contribution in [0.3, 0.4) is 0 Å². The highest BCUT2D eigenvalue weighted by Crippen LogP contribution is 2.27. The molecule has 1 aliphatic rings. The molecule has 10 heteroatoms. The average molecular weight is 412 g/mol. The number of ether oxygens (including phenoxy) is 1. The monoisotopic (exact) mass is 411 g/mol. The van der Waals surface area contributed by atoms with Gasteiger partial charge in [-0.25, -0.2) is 0 Å². The number of nitrogens with zero attached hydrogens (tertiary/aromatic N) is 4. The minimum absolute atomic E-state index is 0.0257. The maximum Gasteiger partial charge on any atom is 0.234 e. The first-order chi connectivity index (χ1) is 13.1. The Kier molecular flexibility index (Phi) is 6.95. The number of rotatable bonds is 7. The number of carbonyl (C=O) groups excluding carboxylic acids is 1. The molecular weight excluding hydrogens is 390 g/mol. The van der Waals surface area contributed by atoms with Crippen molar-refractivity contribution in [1.82, 2.24) is 19.7 Å². The van der Waals surface area contributed by atoms with E-state index in [1.54, 1.807) is 6.07 Å². The van der Waals surface area contributed by atoms with E-state index in [9.17, 15) is 9.90 Å². The smallest absolute Gasteiger partial charge is 0.234 e. The van der Waals surface area contributed by atoms with Crippen LogP contribution in [0.4, 0.5) is 5.69 Å². The summed E-state index contributed by atoms with van der Waals surface area (Å²) in [5.41, 5.74) is 0.290. The van der Waals surface area contributed by atoms with E-state index in [0.29, 0.717) is 16.7 Å². The van der Waals surface area contributed by atoms with Crippen molar-refractivity contribution >= 4 is 35.0 Å². The summed E-state index contributed by atoms with van der Waals surface area (Å²) in [7, 11) is 0. The number of nitrogens with one attached hydrogen (secondary N) is 1. The topological polar surface area (TPSA) is 92.5 Å². The quantitative estimate of drug-likeness (QED) is 0.533. The molecule has 1 aliphatic heterocycles. The van der Waals surface area contributed by atoms with Crippen LogP contribution in [0, 0.1) is 0 Å². The SMILES string of the molecule is CCn1c(CN2CCOCC2)nnc1SCC(=O)Nc1cc(Cl)ccc1O. The van der Waals surface area contributed by atoms with Crippen LogP contribution >= 0.6 is 23.4 Å². The number of benzene rings is 1. The number of aromatic hydroxyl groups is 1. The number of carbonyl (C=O) groups is 1. The molecule has 0 spiro atoms. The molecule has 1 aromatic heterocycles. The third-order valence-corrected chi connectivity index (χ3v) is 5.35. The maximum atomic E-state index is 12.2. The van der Waals surface area contributed by atoms with Crippen molar-refractivity contribution in [2.75, 3.05) is 37.4 Å². The van der Waals surface area contributed by atoms with Crippen molar-refractivity contribution < 1.29 is 14.6 Å². The van der Waals surface area contributed by atoms with Crippen molar-refractivity contribution in [2.45, 2.75) is 25.2 Å². The van der Waals surface area contributed by atoms with Gasteiger partial charge in [0.25, 0.3) is 0 Å². The summed E-state index contributed by atoms with van der Waals surface area (Å²) in [5, 5.41) is 22.1. The molecule has 0 atom stereocenters. The molecule has 0 saturated carbocycles. The minimum Gasteiger partial charge on any atom is -0.506 e. The van der Waals surface area contributed by atoms with E-state index in [1.807, 2.05) is 11.5 Å². The van der Waals surface area contributed by atoms with Crippen molar-refractivity contribution in [3.8, 4) is 5.75 Å². The summed E-state index contributed by atoms with van der Waals surface area (Å²) < 4.78 is 7.39. The van der Waals surface area contributed by atoms with Crippen molar-refractivity contribution in [1.29, 1.82) is 0 Å². The van der Waals surface area contributed by atoms with E-state index in [1.165, 1.54) is 23.9 Å². The van der Waals surface area contributed by atoms with Gasteiger partial charge >= 0.3 is 0 Å². The first-order valence-electron chi connectivity index (χ1n) is 8.70. The number of halogens is 1. The van der Waals surface area contributed by atoms with Gasteiger partial charge in [-0.1, -0.05) is 23.4 Å². The van der Waals surface area contributed by atoms with Gasteiger partial charge in [-0.05, 0) is 25.1 Å². The molecule has 27 heavy (non-hydrogen) atoms. The Morgan fingerprint density at radius 2 is 2.15 bits per heavy atom. The second-order valence-electron chi connectivity index (χ2n) is 6.03. The van der Waals surface area contributed by atoms with Crippen molar-refractivity contribution in [3.63, 3.8) is 0 Å². The Morgan fingerprint density at radius 3 is 2.89 bits per heavy atom. The summed E-state index contributed by atoms with van der Waals surface area (Å²) in [6.07, 6.45) is 0. The number of hydrogen-bond donors (Lipinski definition) is 2. The Bertz CT molecular complexity index is 795. The zero-order valence-electron chi connectivity index (χ0n) is 15.0. The van der Waals surface area contributed by atoms with Crippen LogP contribution in [0.25, 0.3) is 0 Å². The predicted molar refractivity (Wildman–Crippen MR) is 104 cm³/mol. The van der Waals surface area contributed by atoms with E-state index < -0.39 is 0 Å². The molecule has 146 valence electrons. The molecule has 2 aromatic rings. The Morgan fingerprint density at radius 1 is 1.37 bits per heavy atom. The first kappa shape index (κ1) is 19.9. The van der Waals surface area contributed by atoms with E-state index >= 15 is 0 Å². The molecule has 8 nitrogen and oxygen atoms in total. The van der Waals surface area contributed by atoms with Crippen LogP contribution in [-0.2, 0) is 22.6 Å². The summed E-state index contributed by atoms with van der Waals surface area (Å²) in [6.45, 7) is 6.70. The molecule has 2 N–H and O–H groups in total. The van der Waals surface area contributed by atoms with Crippen LogP contribution in [0.5, 0.6) is 5.75 Å². The van der Waals surface area contributed by atoms with Crippen LogP contribution in [0.1, 0.15) is 12.7 Å². The van der Waals surface area contributed by atoms with Gasteiger partial charge in [-0.2, -0.15) is 0 Å². The number of morpholine rings is 1. The molecule has 3 rings (SSSR count). The highest BCUT2D eigenvalue weighted by molar-refractivity contribution is 7.99. The highest BCUT2D eigenvalue weighted by Gasteiger charge is 2.18. The first-order valence-corrected chi connectivity index (χ1v) is 10.1. The lowest BCUT2D eigenvalue weighted by Gasteiger charge is -2.26. The molecular formula is C17H22ClN5O3S. The molecule has 0 aliphatic carbocycles. The normalized spacial score (nSPS) is 15.0. The number of phenols is 1. The van der Waals surface area contributed by atoms with Gasteiger partial charge in [0.15, 0.2) is 5.16 Å². The minimum atomic E-state index is -0.252. The summed E-state index contributed by atoms with van der Waals surface area (Å²) in [4.78, 5) is 14.5. The molecule has 1 aromatic carbocycles. The van der Waals surface area contributed by atoms with Gasteiger partial charge in [0.2, 0.25) is 5.91 Å². The molecule has 0 unspecified atom stereocenters. The number of amides is 1. The molecule has 1 saturated heterocycles. The van der Waals surface area contributed by atoms with Crippen LogP contribution in [0.2, 0.25) is 5.02 Å². The number of phenolic OH excluding ortho intramolecular Hbond substituents is 1. The second kappa shape index (κ2) is 9.41. The lowest BCUT2D eigenvalue weighted by molar-refractivity contribution is -0.113. The predicted octanol–water partition coefficient (Wildman–Crippen LogP) is 2.22. The lowest BCUT2D eigenvalue weighted by atomic mass is 10.3. The zero-order valence-corrected chi connectivity index (χ0v) is 16.6. The van der Waals surface area contributed by atoms with Crippen molar-refractivity contribution in [2.24, 2.45) is 0 Å². The molecule has 0 radical (unpaired) electrons. The molecule has 0 bridgehead atoms. The Balaban J connectivity index is 1.58. The van der Waals surface area contributed by atoms with E-state index in [2.05, 4.69) is 20.4 Å². The van der Waals surface area contributed by atoms with Gasteiger partial charge in [0, 0.05) is 24.7 Å². The summed E-state index contributed by atoms with van der Waals surface area (Å²) >= 11 is 7.21. The lowest BCUT2D eigenvalue weighted by Crippen LogP contribution is -2.36.